The molecule has 0 aromatic rings. The molecule has 3 N–H and O–H groups in total. The molecule has 0 unspecified atom stereocenters. The molecular weight excluding hydrogens is 215 g/mol. The Morgan fingerprint density at radius 1 is 1.20 bits per heavy atom. The van der Waals surface area contributed by atoms with E-state index in [9.17, 15) is 14.4 Å². The average molecular weight is 227 g/mol. The van der Waals surface area contributed by atoms with Crippen LogP contribution in [0.4, 0.5) is 0 Å². The van der Waals surface area contributed by atoms with Crippen LogP contribution in [-0.2, 0) is 14.4 Å². The fourth-order valence-corrected chi connectivity index (χ4v) is 0.258. The van der Waals surface area contributed by atoms with Crippen LogP contribution >= 0.6 is 0 Å². The van der Waals surface area contributed by atoms with Crippen LogP contribution in [0.3, 0.4) is 0 Å². The number of hydrogen-bond acceptors (Lipinski definition) is 3. The van der Waals surface area contributed by atoms with Crippen molar-refractivity contribution in [1.82, 2.24) is 0 Å². The summed E-state index contributed by atoms with van der Waals surface area (Å²) in [6.45, 7) is 5.97. The smallest absolute Gasteiger partial charge is 0.331 e. The molecule has 15 heavy (non-hydrogen) atoms. The van der Waals surface area contributed by atoms with E-state index in [0.29, 0.717) is 0 Å². The number of rotatable bonds is 4. The molecule has 0 aromatic heterocycles. The Morgan fingerprint density at radius 3 is 1.60 bits per heavy atom. The van der Waals surface area contributed by atoms with Gasteiger partial charge in [0.25, 0.3) is 0 Å². The number of aliphatic carboxylic acids is 3. The summed E-state index contributed by atoms with van der Waals surface area (Å²) in [7, 11) is 0. The zero-order valence-corrected chi connectivity index (χ0v) is 10.3. The first kappa shape index (κ1) is 19.5. The van der Waals surface area contributed by atoms with E-state index in [1.807, 2.05) is 0 Å². The van der Waals surface area contributed by atoms with Crippen molar-refractivity contribution in [2.75, 3.05) is 0 Å². The van der Waals surface area contributed by atoms with Crippen LogP contribution in [0.2, 0.25) is 0 Å². The normalized spacial score (nSPS) is 7.20. The third kappa shape index (κ3) is 19.3. The van der Waals surface area contributed by atoms with E-state index in [-0.39, 0.29) is 36.6 Å². The van der Waals surface area contributed by atoms with E-state index in [1.54, 1.807) is 0 Å². The van der Waals surface area contributed by atoms with Gasteiger partial charge in [-0.3, -0.25) is 4.79 Å². The third-order valence-corrected chi connectivity index (χ3v) is 0.842. The van der Waals surface area contributed by atoms with Gasteiger partial charge in [0.05, 0.1) is 6.42 Å². The molecular formula is C8H12NaO6. The fraction of sp³-hybridized carbons (Fsp3) is 0.125. The molecule has 0 aliphatic carbocycles. The molecule has 0 rings (SSSR count). The summed E-state index contributed by atoms with van der Waals surface area (Å²) in [5.41, 5.74) is -0.303. The maximum absolute atomic E-state index is 9.87. The van der Waals surface area contributed by atoms with Crippen molar-refractivity contribution in [3.63, 3.8) is 0 Å². The molecule has 0 aromatic carbocycles. The van der Waals surface area contributed by atoms with Gasteiger partial charge in [0, 0.05) is 42.6 Å². The Labute approximate surface area is 110 Å². The largest absolute Gasteiger partial charge is 0.481 e. The molecule has 6 nitrogen and oxygen atoms in total. The molecule has 0 saturated heterocycles. The van der Waals surface area contributed by atoms with Gasteiger partial charge < -0.3 is 15.3 Å². The van der Waals surface area contributed by atoms with Gasteiger partial charge in [0.15, 0.2) is 0 Å². The maximum atomic E-state index is 9.87. The van der Waals surface area contributed by atoms with Crippen LogP contribution in [0, 0.1) is 0 Å². The minimum Gasteiger partial charge on any atom is -0.481 e. The van der Waals surface area contributed by atoms with Crippen LogP contribution in [0.1, 0.15) is 7.85 Å². The Morgan fingerprint density at radius 2 is 1.53 bits per heavy atom. The molecule has 81 valence electrons. The van der Waals surface area contributed by atoms with Gasteiger partial charge in [-0.1, -0.05) is 13.2 Å². The Balaban J connectivity index is -0.0000000904. The van der Waals surface area contributed by atoms with Crippen molar-refractivity contribution < 1.29 is 31.1 Å². The van der Waals surface area contributed by atoms with Crippen molar-refractivity contribution in [2.24, 2.45) is 0 Å². The minimum absolute atomic E-state index is 0. The van der Waals surface area contributed by atoms with Gasteiger partial charge in [0.1, 0.15) is 0 Å². The summed E-state index contributed by atoms with van der Waals surface area (Å²) in [4.78, 5) is 28.9. The molecule has 0 fully saturated rings. The SMILES string of the molecule is C=C(CC(=O)O)C(=O)O.C=CC(=O)O.[HH].[Na]. The predicted octanol–water partition coefficient (Wildman–Crippen LogP) is 0.224. The van der Waals surface area contributed by atoms with Crippen molar-refractivity contribution in [3.8, 4) is 0 Å². The number of carbonyl (C=O) groups is 3. The van der Waals surface area contributed by atoms with E-state index in [2.05, 4.69) is 13.2 Å². The second-order valence-electron chi connectivity index (χ2n) is 2.02. The van der Waals surface area contributed by atoms with Crippen LogP contribution in [0.5, 0.6) is 0 Å². The second-order valence-corrected chi connectivity index (χ2v) is 2.02. The molecule has 0 bridgehead atoms. The molecule has 0 heterocycles. The van der Waals surface area contributed by atoms with Crippen LogP contribution in [-0.4, -0.2) is 62.8 Å². The van der Waals surface area contributed by atoms with Crippen LogP contribution < -0.4 is 0 Å². The molecule has 0 aliphatic rings. The summed E-state index contributed by atoms with van der Waals surface area (Å²) in [6, 6.07) is 0. The Hall–Kier alpha value is -1.11. The summed E-state index contributed by atoms with van der Waals surface area (Å²) >= 11 is 0. The monoisotopic (exact) mass is 227 g/mol. The van der Waals surface area contributed by atoms with Gasteiger partial charge in [-0.25, -0.2) is 9.59 Å². The zero-order valence-electron chi connectivity index (χ0n) is 8.27. The summed E-state index contributed by atoms with van der Waals surface area (Å²) in [5, 5.41) is 23.7. The molecule has 0 aliphatic heterocycles. The first-order chi connectivity index (χ1) is 6.31. The molecule has 0 amide bonds. The zero-order chi connectivity index (χ0) is 11.7. The second kappa shape index (κ2) is 11.0. The summed E-state index contributed by atoms with van der Waals surface area (Å²) in [5.74, 6) is -3.43. The number of carboxylic acid groups (broad SMARTS) is 3. The van der Waals surface area contributed by atoms with Crippen molar-refractivity contribution in [3.05, 3.63) is 24.8 Å². The van der Waals surface area contributed by atoms with Gasteiger partial charge in [0.2, 0.25) is 0 Å². The Kier molecular flexibility index (Phi) is 14.2. The summed E-state index contributed by atoms with van der Waals surface area (Å²) < 4.78 is 0. The molecule has 0 spiro atoms. The third-order valence-electron chi connectivity index (χ3n) is 0.842. The summed E-state index contributed by atoms with van der Waals surface area (Å²) in [6.07, 6.45) is 0.329. The average Bonchev–Trinajstić information content (AvgIpc) is 2.04. The van der Waals surface area contributed by atoms with Crippen molar-refractivity contribution in [2.45, 2.75) is 6.42 Å². The predicted molar refractivity (Wildman–Crippen MR) is 54.7 cm³/mol. The molecule has 1 radical (unpaired) electrons. The standard InChI is InChI=1S/C5H6O4.C3H4O2.Na.H2/c1-3(5(8)9)2-4(6)7;1-2-3(4)5;;/h1-2H2,(H,6,7)(H,8,9);2H,1H2,(H,4,5);;1H. The van der Waals surface area contributed by atoms with Gasteiger partial charge in [-0.15, -0.1) is 0 Å². The van der Waals surface area contributed by atoms with E-state index in [0.717, 1.165) is 6.08 Å². The van der Waals surface area contributed by atoms with Crippen molar-refractivity contribution in [1.29, 1.82) is 0 Å². The van der Waals surface area contributed by atoms with E-state index < -0.39 is 24.3 Å². The quantitative estimate of drug-likeness (QED) is 0.468. The van der Waals surface area contributed by atoms with E-state index in [1.165, 1.54) is 0 Å². The van der Waals surface area contributed by atoms with Gasteiger partial charge >= 0.3 is 17.9 Å². The van der Waals surface area contributed by atoms with Crippen LogP contribution in [0.15, 0.2) is 24.8 Å². The Bertz CT molecular complexity index is 276. The first-order valence-electron chi connectivity index (χ1n) is 3.29. The van der Waals surface area contributed by atoms with E-state index >= 15 is 0 Å². The van der Waals surface area contributed by atoms with Gasteiger partial charge in [-0.2, -0.15) is 0 Å². The number of carboxylic acids is 3. The molecule has 0 atom stereocenters. The maximum Gasteiger partial charge on any atom is 0.331 e. The number of hydrogen-bond donors (Lipinski definition) is 3. The van der Waals surface area contributed by atoms with Crippen molar-refractivity contribution >= 4 is 47.5 Å². The minimum atomic E-state index is -1.27. The molecule has 0 saturated carbocycles. The topological polar surface area (TPSA) is 112 Å². The van der Waals surface area contributed by atoms with Gasteiger partial charge in [-0.05, 0) is 0 Å². The fourth-order valence-electron chi connectivity index (χ4n) is 0.258. The van der Waals surface area contributed by atoms with Crippen LogP contribution in [0.25, 0.3) is 0 Å². The first-order valence-corrected chi connectivity index (χ1v) is 3.29. The van der Waals surface area contributed by atoms with E-state index in [4.69, 9.17) is 15.3 Å². The molecule has 7 heteroatoms.